The molecule has 18 heavy (non-hydrogen) atoms. The number of methoxy groups -OCH3 is 1. The number of ketones is 1. The molecule has 2 bridgehead atoms. The number of hydrogen-bond donors (Lipinski definition) is 0. The van der Waals surface area contributed by atoms with Gasteiger partial charge in [-0.1, -0.05) is 6.42 Å². The number of Topliss-reactive ketones (excluding diaryl/α,β-unsaturated/α-hetero) is 1. The van der Waals surface area contributed by atoms with Gasteiger partial charge in [0, 0.05) is 5.92 Å². The van der Waals surface area contributed by atoms with E-state index in [1.165, 1.54) is 26.0 Å². The SMILES string of the molecule is COC(=O)c1ccc(C(=O)C2CC3CCC2C3)o1. The minimum absolute atomic E-state index is 0.0531. The Labute approximate surface area is 105 Å². The van der Waals surface area contributed by atoms with Crippen molar-refractivity contribution in [2.75, 3.05) is 7.11 Å². The van der Waals surface area contributed by atoms with Crippen molar-refractivity contribution in [3.63, 3.8) is 0 Å². The van der Waals surface area contributed by atoms with Crippen molar-refractivity contribution >= 4 is 11.8 Å². The van der Waals surface area contributed by atoms with Crippen LogP contribution in [0.3, 0.4) is 0 Å². The number of esters is 1. The fraction of sp³-hybridized carbons (Fsp3) is 0.571. The van der Waals surface area contributed by atoms with E-state index in [9.17, 15) is 9.59 Å². The molecule has 3 atom stereocenters. The lowest BCUT2D eigenvalue weighted by Gasteiger charge is -2.18. The summed E-state index contributed by atoms with van der Waals surface area (Å²) in [7, 11) is 1.29. The molecule has 1 heterocycles. The van der Waals surface area contributed by atoms with Gasteiger partial charge in [-0.25, -0.2) is 4.79 Å². The highest BCUT2D eigenvalue weighted by Gasteiger charge is 2.44. The molecule has 4 heteroatoms. The van der Waals surface area contributed by atoms with Gasteiger partial charge >= 0.3 is 5.97 Å². The third-order valence-corrected chi connectivity index (χ3v) is 4.31. The molecule has 0 aliphatic heterocycles. The van der Waals surface area contributed by atoms with Gasteiger partial charge in [-0.3, -0.25) is 4.79 Å². The summed E-state index contributed by atoms with van der Waals surface area (Å²) in [4.78, 5) is 23.6. The van der Waals surface area contributed by atoms with E-state index in [0.717, 1.165) is 18.8 Å². The zero-order chi connectivity index (χ0) is 12.7. The summed E-state index contributed by atoms with van der Waals surface area (Å²) in [5.41, 5.74) is 0. The molecule has 3 rings (SSSR count). The third kappa shape index (κ3) is 1.76. The molecular formula is C14H16O4. The lowest BCUT2D eigenvalue weighted by Crippen LogP contribution is -2.20. The van der Waals surface area contributed by atoms with Gasteiger partial charge in [-0.15, -0.1) is 0 Å². The van der Waals surface area contributed by atoms with Crippen molar-refractivity contribution in [1.82, 2.24) is 0 Å². The van der Waals surface area contributed by atoms with Crippen LogP contribution in [0.4, 0.5) is 0 Å². The summed E-state index contributed by atoms with van der Waals surface area (Å²) in [6.45, 7) is 0. The molecule has 2 aliphatic rings. The van der Waals surface area contributed by atoms with Crippen LogP contribution in [0.5, 0.6) is 0 Å². The number of carbonyl (C=O) groups excluding carboxylic acids is 2. The Bertz CT molecular complexity index is 488. The first-order chi connectivity index (χ1) is 8.69. The Hall–Kier alpha value is -1.58. The number of furan rings is 1. The Balaban J connectivity index is 1.76. The van der Waals surface area contributed by atoms with Crippen LogP contribution in [-0.2, 0) is 4.74 Å². The minimum atomic E-state index is -0.540. The van der Waals surface area contributed by atoms with Crippen molar-refractivity contribution in [3.05, 3.63) is 23.7 Å². The lowest BCUT2D eigenvalue weighted by atomic mass is 9.85. The summed E-state index contributed by atoms with van der Waals surface area (Å²) < 4.78 is 9.85. The Morgan fingerprint density at radius 2 is 2.00 bits per heavy atom. The monoisotopic (exact) mass is 248 g/mol. The molecule has 0 amide bonds. The Morgan fingerprint density at radius 3 is 2.61 bits per heavy atom. The highest BCUT2D eigenvalue weighted by atomic mass is 16.5. The molecule has 2 fully saturated rings. The maximum atomic E-state index is 12.3. The van der Waals surface area contributed by atoms with Crippen LogP contribution in [0.15, 0.2) is 16.5 Å². The fourth-order valence-corrected chi connectivity index (χ4v) is 3.43. The zero-order valence-electron chi connectivity index (χ0n) is 10.3. The molecule has 0 saturated heterocycles. The summed E-state index contributed by atoms with van der Waals surface area (Å²) in [6.07, 6.45) is 4.59. The second kappa shape index (κ2) is 4.26. The average Bonchev–Trinajstić information content (AvgIpc) is 3.11. The first-order valence-electron chi connectivity index (χ1n) is 6.41. The van der Waals surface area contributed by atoms with Gasteiger partial charge in [-0.05, 0) is 43.2 Å². The lowest BCUT2D eigenvalue weighted by molar-refractivity contribution is 0.0562. The Kier molecular flexibility index (Phi) is 2.73. The number of carbonyl (C=O) groups is 2. The Morgan fingerprint density at radius 1 is 1.22 bits per heavy atom. The topological polar surface area (TPSA) is 56.5 Å². The average molecular weight is 248 g/mol. The molecule has 4 nitrogen and oxygen atoms in total. The normalized spacial score (nSPS) is 29.5. The maximum absolute atomic E-state index is 12.3. The maximum Gasteiger partial charge on any atom is 0.373 e. The smallest absolute Gasteiger partial charge is 0.373 e. The standard InChI is InChI=1S/C14H16O4/c1-17-14(16)12-5-4-11(18-12)13(15)10-7-8-2-3-9(10)6-8/h4-5,8-10H,2-3,6-7H2,1H3. The van der Waals surface area contributed by atoms with Gasteiger partial charge in [0.1, 0.15) is 0 Å². The van der Waals surface area contributed by atoms with E-state index in [-0.39, 0.29) is 17.5 Å². The van der Waals surface area contributed by atoms with Gasteiger partial charge in [0.25, 0.3) is 0 Å². The summed E-state index contributed by atoms with van der Waals surface area (Å²) >= 11 is 0. The van der Waals surface area contributed by atoms with Crippen LogP contribution in [0.2, 0.25) is 0 Å². The number of fused-ring (bicyclic) bond motifs is 2. The largest absolute Gasteiger partial charge is 0.463 e. The van der Waals surface area contributed by atoms with Gasteiger partial charge in [-0.2, -0.15) is 0 Å². The summed E-state index contributed by atoms with van der Waals surface area (Å²) in [5, 5.41) is 0. The van der Waals surface area contributed by atoms with Crippen LogP contribution < -0.4 is 0 Å². The summed E-state index contributed by atoms with van der Waals surface area (Å²) in [5.74, 6) is 1.25. The van der Waals surface area contributed by atoms with Crippen molar-refractivity contribution in [2.24, 2.45) is 17.8 Å². The number of rotatable bonds is 3. The van der Waals surface area contributed by atoms with E-state index in [1.54, 1.807) is 6.07 Å². The van der Waals surface area contributed by atoms with Crippen LogP contribution >= 0.6 is 0 Å². The van der Waals surface area contributed by atoms with E-state index in [0.29, 0.717) is 11.7 Å². The number of hydrogen-bond acceptors (Lipinski definition) is 4. The van der Waals surface area contributed by atoms with E-state index >= 15 is 0 Å². The van der Waals surface area contributed by atoms with Crippen LogP contribution in [-0.4, -0.2) is 18.9 Å². The predicted molar refractivity (Wildman–Crippen MR) is 63.3 cm³/mol. The van der Waals surface area contributed by atoms with Gasteiger partial charge in [0.2, 0.25) is 11.5 Å². The quantitative estimate of drug-likeness (QED) is 0.609. The second-order valence-corrected chi connectivity index (χ2v) is 5.30. The molecular weight excluding hydrogens is 232 g/mol. The molecule has 0 N–H and O–H groups in total. The number of ether oxygens (including phenoxy) is 1. The predicted octanol–water partition coefficient (Wildman–Crippen LogP) is 2.69. The van der Waals surface area contributed by atoms with Crippen LogP contribution in [0, 0.1) is 17.8 Å². The van der Waals surface area contributed by atoms with Gasteiger partial charge in [0.15, 0.2) is 5.76 Å². The van der Waals surface area contributed by atoms with Gasteiger partial charge in [0.05, 0.1) is 7.11 Å². The zero-order valence-corrected chi connectivity index (χ0v) is 10.3. The molecule has 2 saturated carbocycles. The highest BCUT2D eigenvalue weighted by molar-refractivity contribution is 5.97. The molecule has 96 valence electrons. The molecule has 0 aromatic carbocycles. The molecule has 0 radical (unpaired) electrons. The molecule has 0 spiro atoms. The van der Waals surface area contributed by atoms with E-state index < -0.39 is 5.97 Å². The molecule has 1 aromatic heterocycles. The van der Waals surface area contributed by atoms with Crippen molar-refractivity contribution in [2.45, 2.75) is 25.7 Å². The van der Waals surface area contributed by atoms with E-state index in [2.05, 4.69) is 4.74 Å². The van der Waals surface area contributed by atoms with E-state index in [1.807, 2.05) is 0 Å². The van der Waals surface area contributed by atoms with Crippen molar-refractivity contribution in [3.8, 4) is 0 Å². The molecule has 2 aliphatic carbocycles. The molecule has 3 unspecified atom stereocenters. The highest BCUT2D eigenvalue weighted by Crippen LogP contribution is 2.49. The third-order valence-electron chi connectivity index (χ3n) is 4.31. The fourth-order valence-electron chi connectivity index (χ4n) is 3.43. The van der Waals surface area contributed by atoms with Gasteiger partial charge < -0.3 is 9.15 Å². The first kappa shape index (κ1) is 11.5. The summed E-state index contributed by atoms with van der Waals surface area (Å²) in [6, 6.07) is 3.09. The van der Waals surface area contributed by atoms with Crippen LogP contribution in [0.1, 0.15) is 46.8 Å². The second-order valence-electron chi connectivity index (χ2n) is 5.30. The van der Waals surface area contributed by atoms with Crippen LogP contribution in [0.25, 0.3) is 0 Å². The van der Waals surface area contributed by atoms with Crippen molar-refractivity contribution < 1.29 is 18.7 Å². The van der Waals surface area contributed by atoms with E-state index in [4.69, 9.17) is 4.42 Å². The minimum Gasteiger partial charge on any atom is -0.463 e. The molecule has 1 aromatic rings. The first-order valence-corrected chi connectivity index (χ1v) is 6.41. The van der Waals surface area contributed by atoms with Crippen molar-refractivity contribution in [1.29, 1.82) is 0 Å².